The number of carbonyl (C=O) groups is 3. The molecule has 0 bridgehead atoms. The van der Waals surface area contributed by atoms with Gasteiger partial charge in [0, 0.05) is 47.8 Å². The smallest absolute Gasteiger partial charge is 0.252 e. The topological polar surface area (TPSA) is 119 Å². The van der Waals surface area contributed by atoms with Crippen LogP contribution in [0.3, 0.4) is 0 Å². The SMILES string of the molecule is C.N#Cc1ccnc(N2C(=O)CC[C@H]2C(=O)N(c2cccc(C3CC3)c2)[C@H](C(=O)NC2CC(F)(F)C2)c2ccccc2Cl)n1. The molecule has 12 heteroatoms. The molecule has 0 radical (unpaired) electrons. The van der Waals surface area contributed by atoms with Gasteiger partial charge < -0.3 is 5.32 Å². The first-order chi connectivity index (χ1) is 20.6. The number of nitriles is 1. The molecule has 3 fully saturated rings. The van der Waals surface area contributed by atoms with Crippen molar-refractivity contribution in [2.45, 2.75) is 75.9 Å². The summed E-state index contributed by atoms with van der Waals surface area (Å²) in [6.45, 7) is 0. The molecule has 6 rings (SSSR count). The third kappa shape index (κ3) is 6.13. The second-order valence-electron chi connectivity index (χ2n) is 11.1. The summed E-state index contributed by atoms with van der Waals surface area (Å²) >= 11 is 6.61. The van der Waals surface area contributed by atoms with E-state index >= 15 is 0 Å². The highest BCUT2D eigenvalue weighted by Crippen LogP contribution is 2.43. The zero-order valence-corrected chi connectivity index (χ0v) is 23.7. The summed E-state index contributed by atoms with van der Waals surface area (Å²) in [7, 11) is 0. The standard InChI is InChI=1S/C31H27ClF2N6O3.CH4/c32-24-7-2-1-6-23(24)27(28(42)37-21-15-31(33,34)16-21)39(22-5-3-4-19(14-22)18-8-9-18)29(43)25-10-11-26(41)40(25)30-36-13-12-20(17-35)38-30;/h1-7,12-14,18,21,25,27H,8-11,15-16H2,(H,37,42);1H4/t25-,27-;/m0./s1. The van der Waals surface area contributed by atoms with Gasteiger partial charge in [-0.25, -0.2) is 18.7 Å². The lowest BCUT2D eigenvalue weighted by molar-refractivity contribution is -0.133. The van der Waals surface area contributed by atoms with Crippen LogP contribution in [0, 0.1) is 11.3 Å². The van der Waals surface area contributed by atoms with Crippen molar-refractivity contribution >= 4 is 41.0 Å². The largest absolute Gasteiger partial charge is 0.351 e. The van der Waals surface area contributed by atoms with Gasteiger partial charge in [0.1, 0.15) is 23.8 Å². The lowest BCUT2D eigenvalue weighted by Gasteiger charge is -2.39. The van der Waals surface area contributed by atoms with Crippen molar-refractivity contribution in [3.05, 3.63) is 82.6 Å². The molecule has 0 spiro atoms. The van der Waals surface area contributed by atoms with E-state index in [9.17, 15) is 28.4 Å². The molecule has 1 aliphatic heterocycles. The molecular weight excluding hydrogens is 590 g/mol. The Bertz CT molecular complexity index is 1630. The van der Waals surface area contributed by atoms with Gasteiger partial charge in [-0.1, -0.05) is 49.4 Å². The molecule has 3 aliphatic rings. The van der Waals surface area contributed by atoms with Crippen LogP contribution < -0.4 is 15.1 Å². The van der Waals surface area contributed by atoms with E-state index in [4.69, 9.17) is 11.6 Å². The van der Waals surface area contributed by atoms with Gasteiger partial charge in [0.15, 0.2) is 0 Å². The number of nitrogens with zero attached hydrogens (tertiary/aromatic N) is 5. The zero-order chi connectivity index (χ0) is 30.3. The number of rotatable bonds is 8. The van der Waals surface area contributed by atoms with E-state index in [1.54, 1.807) is 36.4 Å². The number of anilines is 2. The van der Waals surface area contributed by atoms with Crippen LogP contribution in [0.1, 0.15) is 74.7 Å². The van der Waals surface area contributed by atoms with Crippen LogP contribution in [-0.4, -0.2) is 45.7 Å². The van der Waals surface area contributed by atoms with Gasteiger partial charge in [-0.2, -0.15) is 5.26 Å². The molecule has 2 aromatic carbocycles. The van der Waals surface area contributed by atoms with Gasteiger partial charge in [0.2, 0.25) is 17.8 Å². The number of nitrogens with one attached hydrogen (secondary N) is 1. The van der Waals surface area contributed by atoms with Crippen molar-refractivity contribution in [3.8, 4) is 6.07 Å². The highest BCUT2D eigenvalue weighted by Gasteiger charge is 2.49. The molecule has 2 heterocycles. The number of hydrogen-bond acceptors (Lipinski definition) is 6. The van der Waals surface area contributed by atoms with Crippen LogP contribution >= 0.6 is 11.6 Å². The van der Waals surface area contributed by atoms with E-state index in [0.717, 1.165) is 23.3 Å². The van der Waals surface area contributed by atoms with Crippen molar-refractivity contribution in [3.63, 3.8) is 0 Å². The van der Waals surface area contributed by atoms with Crippen molar-refractivity contribution in [1.29, 1.82) is 5.26 Å². The third-order valence-corrected chi connectivity index (χ3v) is 8.39. The fraction of sp³-hybridized carbons (Fsp3) is 0.375. The Morgan fingerprint density at radius 2 is 1.86 bits per heavy atom. The van der Waals surface area contributed by atoms with E-state index in [-0.39, 0.29) is 36.9 Å². The Labute approximate surface area is 258 Å². The molecule has 1 N–H and O–H groups in total. The van der Waals surface area contributed by atoms with Crippen molar-refractivity contribution in [2.75, 3.05) is 9.80 Å². The van der Waals surface area contributed by atoms with Crippen LogP contribution in [0.4, 0.5) is 20.4 Å². The Hall–Kier alpha value is -4.43. The quantitative estimate of drug-likeness (QED) is 0.345. The fourth-order valence-corrected chi connectivity index (χ4v) is 5.98. The molecule has 1 saturated heterocycles. The lowest BCUT2D eigenvalue weighted by Crippen LogP contribution is -2.56. The normalized spacial score (nSPS) is 19.7. The van der Waals surface area contributed by atoms with Gasteiger partial charge in [-0.3, -0.25) is 24.2 Å². The average molecular weight is 621 g/mol. The number of amides is 3. The maximum absolute atomic E-state index is 14.7. The molecule has 0 unspecified atom stereocenters. The Kier molecular flexibility index (Phi) is 8.66. The average Bonchev–Trinajstić information content (AvgIpc) is 3.76. The monoisotopic (exact) mass is 620 g/mol. The lowest BCUT2D eigenvalue weighted by atomic mass is 9.87. The summed E-state index contributed by atoms with van der Waals surface area (Å²) in [4.78, 5) is 52.6. The third-order valence-electron chi connectivity index (χ3n) is 8.05. The molecule has 9 nitrogen and oxygen atoms in total. The van der Waals surface area contributed by atoms with Gasteiger partial charge in [0.05, 0.1) is 0 Å². The van der Waals surface area contributed by atoms with E-state index in [0.29, 0.717) is 17.2 Å². The summed E-state index contributed by atoms with van der Waals surface area (Å²) < 4.78 is 27.4. The molecule has 228 valence electrons. The number of benzene rings is 2. The predicted octanol–water partition coefficient (Wildman–Crippen LogP) is 5.70. The van der Waals surface area contributed by atoms with E-state index in [1.807, 2.05) is 18.2 Å². The molecular formula is C32H31ClF2N6O3. The first-order valence-electron chi connectivity index (χ1n) is 14.1. The molecule has 2 atom stereocenters. The zero-order valence-electron chi connectivity index (χ0n) is 22.9. The van der Waals surface area contributed by atoms with Crippen molar-refractivity contribution in [1.82, 2.24) is 15.3 Å². The number of hydrogen-bond donors (Lipinski definition) is 1. The highest BCUT2D eigenvalue weighted by molar-refractivity contribution is 6.31. The van der Waals surface area contributed by atoms with Crippen LogP contribution in [0.25, 0.3) is 0 Å². The molecule has 2 saturated carbocycles. The predicted molar refractivity (Wildman–Crippen MR) is 160 cm³/mol. The highest BCUT2D eigenvalue weighted by atomic mass is 35.5. The van der Waals surface area contributed by atoms with E-state index in [2.05, 4.69) is 15.3 Å². The molecule has 1 aromatic heterocycles. The number of alkyl halides is 2. The molecule has 3 aromatic rings. The second kappa shape index (κ2) is 12.3. The van der Waals surface area contributed by atoms with Crippen LogP contribution in [0.15, 0.2) is 60.8 Å². The van der Waals surface area contributed by atoms with Gasteiger partial charge >= 0.3 is 0 Å². The summed E-state index contributed by atoms with van der Waals surface area (Å²) in [6, 6.07) is 14.0. The minimum absolute atomic E-state index is 0. The maximum Gasteiger partial charge on any atom is 0.252 e. The van der Waals surface area contributed by atoms with Crippen LogP contribution in [0.2, 0.25) is 5.02 Å². The fourth-order valence-electron chi connectivity index (χ4n) is 5.74. The molecule has 2 aliphatic carbocycles. The second-order valence-corrected chi connectivity index (χ2v) is 11.6. The summed E-state index contributed by atoms with van der Waals surface area (Å²) in [5.74, 6) is -4.30. The first-order valence-corrected chi connectivity index (χ1v) is 14.4. The first kappa shape index (κ1) is 31.0. The molecule has 44 heavy (non-hydrogen) atoms. The minimum Gasteiger partial charge on any atom is -0.351 e. The summed E-state index contributed by atoms with van der Waals surface area (Å²) in [5.41, 5.74) is 1.73. The Balaban J connectivity index is 0.00000384. The molecule has 3 amide bonds. The maximum atomic E-state index is 14.7. The van der Waals surface area contributed by atoms with E-state index < -0.39 is 54.6 Å². The van der Waals surface area contributed by atoms with E-state index in [1.165, 1.54) is 17.2 Å². The van der Waals surface area contributed by atoms with Crippen LogP contribution in [0.5, 0.6) is 0 Å². The summed E-state index contributed by atoms with van der Waals surface area (Å²) in [5, 5.41) is 12.3. The number of carbonyl (C=O) groups excluding carboxylic acids is 3. The number of aromatic nitrogens is 2. The van der Waals surface area contributed by atoms with Crippen molar-refractivity contribution in [2.24, 2.45) is 0 Å². The Morgan fingerprint density at radius 1 is 1.11 bits per heavy atom. The summed E-state index contributed by atoms with van der Waals surface area (Å²) in [6.07, 6.45) is 2.46. The van der Waals surface area contributed by atoms with Crippen LogP contribution in [-0.2, 0) is 14.4 Å². The van der Waals surface area contributed by atoms with Gasteiger partial charge in [-0.05, 0) is 55.0 Å². The van der Waals surface area contributed by atoms with Gasteiger partial charge in [0.25, 0.3) is 11.8 Å². The Morgan fingerprint density at radius 3 is 2.55 bits per heavy atom. The minimum atomic E-state index is -2.87. The van der Waals surface area contributed by atoms with Crippen molar-refractivity contribution < 1.29 is 23.2 Å². The van der Waals surface area contributed by atoms with Gasteiger partial charge in [-0.15, -0.1) is 0 Å². The number of halogens is 3.